The summed E-state index contributed by atoms with van der Waals surface area (Å²) >= 11 is 6.14. The molecule has 1 saturated heterocycles. The van der Waals surface area contributed by atoms with E-state index in [4.69, 9.17) is 22.1 Å². The Labute approximate surface area is 163 Å². The molecule has 6 nitrogen and oxygen atoms in total. The molecule has 2 aromatic rings. The molecular formula is C20H22ClN3O3. The lowest BCUT2D eigenvalue weighted by atomic mass is 9.97. The molecule has 1 aliphatic heterocycles. The molecule has 0 spiro atoms. The van der Waals surface area contributed by atoms with E-state index in [2.05, 4.69) is 5.32 Å². The minimum atomic E-state index is -1.00. The molecular weight excluding hydrogens is 366 g/mol. The maximum Gasteiger partial charge on any atom is 0.410 e. The molecule has 3 rings (SSSR count). The van der Waals surface area contributed by atoms with E-state index in [1.165, 1.54) is 4.90 Å². The fraction of sp³-hybridized carbons (Fsp3) is 0.300. The molecule has 2 amide bonds. The van der Waals surface area contributed by atoms with Gasteiger partial charge in [-0.1, -0.05) is 41.9 Å². The van der Waals surface area contributed by atoms with Crippen LogP contribution in [-0.2, 0) is 16.1 Å². The summed E-state index contributed by atoms with van der Waals surface area (Å²) in [5, 5.41) is 3.15. The van der Waals surface area contributed by atoms with Crippen molar-refractivity contribution < 1.29 is 14.3 Å². The minimum Gasteiger partial charge on any atom is -0.445 e. The van der Waals surface area contributed by atoms with E-state index in [0.717, 1.165) is 12.0 Å². The Morgan fingerprint density at radius 1 is 1.26 bits per heavy atom. The van der Waals surface area contributed by atoms with Gasteiger partial charge in [-0.05, 0) is 43.5 Å². The summed E-state index contributed by atoms with van der Waals surface area (Å²) in [6.45, 7) is 2.37. The van der Waals surface area contributed by atoms with Crippen LogP contribution in [0, 0.1) is 0 Å². The zero-order valence-electron chi connectivity index (χ0n) is 15.1. The van der Waals surface area contributed by atoms with E-state index in [-0.39, 0.29) is 12.5 Å². The molecule has 7 heteroatoms. The van der Waals surface area contributed by atoms with Crippen LogP contribution in [0.2, 0.25) is 5.02 Å². The number of nitrogens with one attached hydrogen (secondary N) is 1. The topological polar surface area (TPSA) is 84.7 Å². The Hall–Kier alpha value is -2.73. The highest BCUT2D eigenvalue weighted by molar-refractivity contribution is 6.34. The van der Waals surface area contributed by atoms with E-state index >= 15 is 0 Å². The zero-order chi connectivity index (χ0) is 19.4. The molecule has 0 saturated carbocycles. The number of hydrogen-bond donors (Lipinski definition) is 2. The van der Waals surface area contributed by atoms with Gasteiger partial charge in [-0.3, -0.25) is 9.69 Å². The summed E-state index contributed by atoms with van der Waals surface area (Å²) in [6.07, 6.45) is 0.767. The number of hydrogen-bond acceptors (Lipinski definition) is 4. The third-order valence-corrected chi connectivity index (χ3v) is 5.11. The number of nitrogen functional groups attached to an aromatic ring is 1. The third-order valence-electron chi connectivity index (χ3n) is 4.80. The summed E-state index contributed by atoms with van der Waals surface area (Å²) in [6, 6.07) is 14.3. The van der Waals surface area contributed by atoms with Crippen molar-refractivity contribution in [1.82, 2.24) is 4.90 Å². The maximum absolute atomic E-state index is 12.9. The van der Waals surface area contributed by atoms with Gasteiger partial charge >= 0.3 is 6.09 Å². The highest BCUT2D eigenvalue weighted by Crippen LogP contribution is 2.32. The quantitative estimate of drug-likeness (QED) is 0.775. The summed E-state index contributed by atoms with van der Waals surface area (Å²) in [7, 11) is 0. The molecule has 142 valence electrons. The molecule has 1 unspecified atom stereocenters. The number of carbonyl (C=O) groups is 2. The predicted octanol–water partition coefficient (Wildman–Crippen LogP) is 4.05. The second-order valence-electron chi connectivity index (χ2n) is 6.76. The Kier molecular flexibility index (Phi) is 5.56. The average molecular weight is 388 g/mol. The first-order chi connectivity index (χ1) is 12.9. The van der Waals surface area contributed by atoms with Crippen molar-refractivity contribution in [3.63, 3.8) is 0 Å². The number of benzene rings is 2. The molecule has 27 heavy (non-hydrogen) atoms. The molecule has 1 heterocycles. The van der Waals surface area contributed by atoms with E-state index < -0.39 is 11.6 Å². The summed E-state index contributed by atoms with van der Waals surface area (Å²) in [4.78, 5) is 27.0. The Morgan fingerprint density at radius 2 is 2.00 bits per heavy atom. The lowest BCUT2D eigenvalue weighted by molar-refractivity contribution is -0.125. The van der Waals surface area contributed by atoms with Crippen molar-refractivity contribution in [3.8, 4) is 0 Å². The highest BCUT2D eigenvalue weighted by Gasteiger charge is 2.46. The first-order valence-corrected chi connectivity index (χ1v) is 9.13. The van der Waals surface area contributed by atoms with Gasteiger partial charge in [0.05, 0.1) is 10.7 Å². The monoisotopic (exact) mass is 387 g/mol. The van der Waals surface area contributed by atoms with Crippen molar-refractivity contribution in [3.05, 3.63) is 59.1 Å². The number of likely N-dealkylation sites (tertiary alicyclic amines) is 1. The summed E-state index contributed by atoms with van der Waals surface area (Å²) in [5.74, 6) is -0.302. The van der Waals surface area contributed by atoms with Crippen molar-refractivity contribution in [2.45, 2.75) is 31.9 Å². The largest absolute Gasteiger partial charge is 0.445 e. The summed E-state index contributed by atoms with van der Waals surface area (Å²) in [5.41, 5.74) is 6.55. The Morgan fingerprint density at radius 3 is 2.70 bits per heavy atom. The van der Waals surface area contributed by atoms with Gasteiger partial charge in [-0.2, -0.15) is 0 Å². The van der Waals surface area contributed by atoms with E-state index in [1.54, 1.807) is 25.1 Å². The van der Waals surface area contributed by atoms with Crippen LogP contribution < -0.4 is 11.1 Å². The maximum atomic E-state index is 12.9. The number of rotatable bonds is 4. The van der Waals surface area contributed by atoms with Crippen LogP contribution >= 0.6 is 11.6 Å². The third kappa shape index (κ3) is 4.17. The van der Waals surface area contributed by atoms with E-state index in [9.17, 15) is 9.59 Å². The SMILES string of the molecule is CC1(C(=O)Nc2ccc(N)cc2Cl)CCCN1C(=O)OCc1ccccc1. The number of amides is 2. The van der Waals surface area contributed by atoms with Crippen molar-refractivity contribution in [1.29, 1.82) is 0 Å². The van der Waals surface area contributed by atoms with Gasteiger partial charge in [0.25, 0.3) is 0 Å². The van der Waals surface area contributed by atoms with Crippen LogP contribution in [0.1, 0.15) is 25.3 Å². The molecule has 1 aliphatic rings. The average Bonchev–Trinajstić information content (AvgIpc) is 3.06. The molecule has 3 N–H and O–H groups in total. The second-order valence-corrected chi connectivity index (χ2v) is 7.17. The fourth-order valence-electron chi connectivity index (χ4n) is 3.18. The van der Waals surface area contributed by atoms with Gasteiger partial charge in [0, 0.05) is 12.2 Å². The number of ether oxygens (including phenoxy) is 1. The Balaban J connectivity index is 1.69. The first-order valence-electron chi connectivity index (χ1n) is 8.75. The first kappa shape index (κ1) is 19.0. The predicted molar refractivity (Wildman–Crippen MR) is 105 cm³/mol. The van der Waals surface area contributed by atoms with Crippen molar-refractivity contribution >= 4 is 35.0 Å². The number of nitrogens with two attached hydrogens (primary N) is 1. The molecule has 1 atom stereocenters. The van der Waals surface area contributed by atoms with Crippen LogP contribution in [0.15, 0.2) is 48.5 Å². The van der Waals surface area contributed by atoms with Gasteiger partial charge in [0.15, 0.2) is 0 Å². The zero-order valence-corrected chi connectivity index (χ0v) is 15.8. The number of carbonyl (C=O) groups excluding carboxylic acids is 2. The summed E-state index contributed by atoms with van der Waals surface area (Å²) < 4.78 is 5.41. The lowest BCUT2D eigenvalue weighted by Gasteiger charge is -2.33. The number of anilines is 2. The molecule has 1 fully saturated rings. The van der Waals surface area contributed by atoms with Gasteiger partial charge < -0.3 is 15.8 Å². The van der Waals surface area contributed by atoms with Crippen LogP contribution in [0.25, 0.3) is 0 Å². The second kappa shape index (κ2) is 7.88. The van der Waals surface area contributed by atoms with Crippen LogP contribution in [-0.4, -0.2) is 29.0 Å². The molecule has 0 radical (unpaired) electrons. The minimum absolute atomic E-state index is 0.164. The number of nitrogens with zero attached hydrogens (tertiary/aromatic N) is 1. The van der Waals surface area contributed by atoms with E-state index in [0.29, 0.717) is 29.4 Å². The lowest BCUT2D eigenvalue weighted by Crippen LogP contribution is -2.53. The molecule has 0 aliphatic carbocycles. The van der Waals surface area contributed by atoms with Gasteiger partial charge in [-0.25, -0.2) is 4.79 Å². The molecule has 2 aromatic carbocycles. The highest BCUT2D eigenvalue weighted by atomic mass is 35.5. The smallest absolute Gasteiger partial charge is 0.410 e. The van der Waals surface area contributed by atoms with Gasteiger partial charge in [0.1, 0.15) is 12.1 Å². The standard InChI is InChI=1S/C20H22ClN3O3/c1-20(18(25)23-17-9-8-15(22)12-16(17)21)10-5-11-24(20)19(26)27-13-14-6-3-2-4-7-14/h2-4,6-9,12H,5,10-11,13,22H2,1H3,(H,23,25). The van der Waals surface area contributed by atoms with Crippen molar-refractivity contribution in [2.75, 3.05) is 17.6 Å². The number of halogens is 1. The van der Waals surface area contributed by atoms with Crippen LogP contribution in [0.5, 0.6) is 0 Å². The molecule has 0 aromatic heterocycles. The van der Waals surface area contributed by atoms with Gasteiger partial charge in [0.2, 0.25) is 5.91 Å². The van der Waals surface area contributed by atoms with Crippen LogP contribution in [0.4, 0.5) is 16.2 Å². The van der Waals surface area contributed by atoms with Crippen LogP contribution in [0.3, 0.4) is 0 Å². The van der Waals surface area contributed by atoms with Gasteiger partial charge in [-0.15, -0.1) is 0 Å². The normalized spacial score (nSPS) is 19.0. The Bertz CT molecular complexity index is 844. The fourth-order valence-corrected chi connectivity index (χ4v) is 3.42. The molecule has 0 bridgehead atoms. The van der Waals surface area contributed by atoms with Crippen molar-refractivity contribution in [2.24, 2.45) is 0 Å². The van der Waals surface area contributed by atoms with E-state index in [1.807, 2.05) is 30.3 Å².